The van der Waals surface area contributed by atoms with E-state index in [1.54, 1.807) is 0 Å². The van der Waals surface area contributed by atoms with Crippen molar-refractivity contribution < 1.29 is 24.3 Å². The third-order valence-electron chi connectivity index (χ3n) is 4.04. The predicted molar refractivity (Wildman–Crippen MR) is 98.6 cm³/mol. The second-order valence-corrected chi connectivity index (χ2v) is 6.16. The summed E-state index contributed by atoms with van der Waals surface area (Å²) in [5.41, 5.74) is 6.23. The van der Waals surface area contributed by atoms with Crippen LogP contribution in [0.15, 0.2) is 42.5 Å². The average Bonchev–Trinajstić information content (AvgIpc) is 2.59. The van der Waals surface area contributed by atoms with E-state index in [0.29, 0.717) is 0 Å². The van der Waals surface area contributed by atoms with Crippen LogP contribution < -0.4 is 16.4 Å². The van der Waals surface area contributed by atoms with E-state index in [-0.39, 0.29) is 6.42 Å². The summed E-state index contributed by atoms with van der Waals surface area (Å²) in [5.74, 6) is -3.35. The molecule has 2 aromatic rings. The van der Waals surface area contributed by atoms with Crippen LogP contribution in [0.3, 0.4) is 0 Å². The molecule has 3 amide bonds. The molecular weight excluding hydrogens is 350 g/mol. The molecule has 2 rings (SSSR count). The number of rotatable bonds is 8. The lowest BCUT2D eigenvalue weighted by atomic mass is 9.98. The summed E-state index contributed by atoms with van der Waals surface area (Å²) in [5, 5.41) is 15.5. The van der Waals surface area contributed by atoms with Crippen molar-refractivity contribution in [3.05, 3.63) is 48.0 Å². The Hall–Kier alpha value is -3.42. The Morgan fingerprint density at radius 1 is 1.00 bits per heavy atom. The summed E-state index contributed by atoms with van der Waals surface area (Å²) in [6.07, 6.45) is -0.465. The minimum atomic E-state index is -1.30. The molecule has 8 heteroatoms. The molecule has 2 atom stereocenters. The SMILES string of the molecule is CC(=O)NC(CC(=O)O)C(=O)N[C@@H](Cc1cccc2ccccc12)C(N)=O. The van der Waals surface area contributed by atoms with Gasteiger partial charge >= 0.3 is 5.97 Å². The summed E-state index contributed by atoms with van der Waals surface area (Å²) < 4.78 is 0. The summed E-state index contributed by atoms with van der Waals surface area (Å²) >= 11 is 0. The highest BCUT2D eigenvalue weighted by atomic mass is 16.4. The number of benzene rings is 2. The van der Waals surface area contributed by atoms with Crippen LogP contribution >= 0.6 is 0 Å². The smallest absolute Gasteiger partial charge is 0.305 e. The molecule has 0 aliphatic heterocycles. The van der Waals surface area contributed by atoms with Gasteiger partial charge in [-0.25, -0.2) is 0 Å². The Morgan fingerprint density at radius 3 is 2.30 bits per heavy atom. The number of carboxylic acid groups (broad SMARTS) is 1. The van der Waals surface area contributed by atoms with E-state index in [2.05, 4.69) is 10.6 Å². The quantitative estimate of drug-likeness (QED) is 0.530. The van der Waals surface area contributed by atoms with Crippen molar-refractivity contribution in [1.29, 1.82) is 0 Å². The molecule has 1 unspecified atom stereocenters. The number of fused-ring (bicyclic) bond motifs is 1. The first-order valence-corrected chi connectivity index (χ1v) is 8.33. The molecule has 8 nitrogen and oxygen atoms in total. The molecule has 142 valence electrons. The van der Waals surface area contributed by atoms with Gasteiger partial charge < -0.3 is 21.5 Å². The van der Waals surface area contributed by atoms with Crippen LogP contribution in [0.25, 0.3) is 10.8 Å². The molecule has 0 aromatic heterocycles. The average molecular weight is 371 g/mol. The lowest BCUT2D eigenvalue weighted by Crippen LogP contribution is -2.53. The Labute approximate surface area is 155 Å². The van der Waals surface area contributed by atoms with Crippen LogP contribution in [0.5, 0.6) is 0 Å². The summed E-state index contributed by atoms with van der Waals surface area (Å²) in [4.78, 5) is 46.4. The van der Waals surface area contributed by atoms with Crippen molar-refractivity contribution in [1.82, 2.24) is 10.6 Å². The fourth-order valence-electron chi connectivity index (χ4n) is 2.81. The van der Waals surface area contributed by atoms with Gasteiger partial charge in [0.05, 0.1) is 6.42 Å². The minimum Gasteiger partial charge on any atom is -0.481 e. The van der Waals surface area contributed by atoms with Gasteiger partial charge in [0, 0.05) is 13.3 Å². The second kappa shape index (κ2) is 8.79. The molecule has 0 spiro atoms. The first-order chi connectivity index (χ1) is 12.8. The highest BCUT2D eigenvalue weighted by molar-refractivity contribution is 5.94. The van der Waals surface area contributed by atoms with Crippen molar-refractivity contribution in [3.8, 4) is 0 Å². The van der Waals surface area contributed by atoms with E-state index in [1.807, 2.05) is 42.5 Å². The fraction of sp³-hybridized carbons (Fsp3) is 0.263. The molecular formula is C19H21N3O5. The van der Waals surface area contributed by atoms with Crippen LogP contribution in [-0.2, 0) is 25.6 Å². The van der Waals surface area contributed by atoms with Crippen molar-refractivity contribution in [2.24, 2.45) is 5.73 Å². The van der Waals surface area contributed by atoms with E-state index in [4.69, 9.17) is 10.8 Å². The van der Waals surface area contributed by atoms with Crippen LogP contribution in [0.1, 0.15) is 18.9 Å². The summed E-state index contributed by atoms with van der Waals surface area (Å²) in [6.45, 7) is 1.17. The van der Waals surface area contributed by atoms with Gasteiger partial charge in [-0.05, 0) is 16.3 Å². The number of hydrogen-bond acceptors (Lipinski definition) is 4. The van der Waals surface area contributed by atoms with Crippen LogP contribution in [0.2, 0.25) is 0 Å². The number of carbonyl (C=O) groups excluding carboxylic acids is 3. The van der Waals surface area contributed by atoms with Crippen molar-refractivity contribution in [3.63, 3.8) is 0 Å². The van der Waals surface area contributed by atoms with Crippen molar-refractivity contribution in [2.45, 2.75) is 31.8 Å². The van der Waals surface area contributed by atoms with Crippen LogP contribution in [0.4, 0.5) is 0 Å². The number of nitrogens with one attached hydrogen (secondary N) is 2. The van der Waals surface area contributed by atoms with Crippen LogP contribution in [-0.4, -0.2) is 40.9 Å². The molecule has 5 N–H and O–H groups in total. The number of amides is 3. The Balaban J connectivity index is 2.21. The molecule has 0 bridgehead atoms. The number of hydrogen-bond donors (Lipinski definition) is 4. The van der Waals surface area contributed by atoms with E-state index >= 15 is 0 Å². The fourth-order valence-corrected chi connectivity index (χ4v) is 2.81. The highest BCUT2D eigenvalue weighted by Gasteiger charge is 2.27. The molecule has 0 saturated carbocycles. The van der Waals surface area contributed by atoms with Crippen LogP contribution in [0, 0.1) is 0 Å². The lowest BCUT2D eigenvalue weighted by Gasteiger charge is -2.21. The van der Waals surface area contributed by atoms with Gasteiger partial charge in [0.25, 0.3) is 0 Å². The zero-order valence-corrected chi connectivity index (χ0v) is 14.8. The highest BCUT2D eigenvalue weighted by Crippen LogP contribution is 2.19. The first kappa shape index (κ1) is 19.9. The number of primary amides is 1. The monoisotopic (exact) mass is 371 g/mol. The van der Waals surface area contributed by atoms with Gasteiger partial charge in [0.1, 0.15) is 12.1 Å². The standard InChI is InChI=1S/C19H21N3O5/c1-11(23)21-16(10-17(24)25)19(27)22-15(18(20)26)9-13-7-4-6-12-5-2-3-8-14(12)13/h2-8,15-16H,9-10H2,1H3,(H2,20,26)(H,21,23)(H,22,27)(H,24,25)/t15-,16?/m0/s1. The molecule has 27 heavy (non-hydrogen) atoms. The third-order valence-corrected chi connectivity index (χ3v) is 4.04. The molecule has 2 aromatic carbocycles. The van der Waals surface area contributed by atoms with Gasteiger partial charge in [-0.1, -0.05) is 42.5 Å². The maximum absolute atomic E-state index is 12.4. The maximum atomic E-state index is 12.4. The van der Waals surface area contributed by atoms with E-state index in [1.165, 1.54) is 6.92 Å². The zero-order valence-electron chi connectivity index (χ0n) is 14.8. The zero-order chi connectivity index (χ0) is 20.0. The van der Waals surface area contributed by atoms with Gasteiger partial charge in [0.15, 0.2) is 0 Å². The second-order valence-electron chi connectivity index (χ2n) is 6.16. The van der Waals surface area contributed by atoms with E-state index < -0.39 is 42.2 Å². The lowest BCUT2D eigenvalue weighted by molar-refractivity contribution is -0.140. The maximum Gasteiger partial charge on any atom is 0.305 e. The summed E-state index contributed by atoms with van der Waals surface area (Å²) in [6, 6.07) is 10.8. The first-order valence-electron chi connectivity index (χ1n) is 8.33. The molecule has 0 heterocycles. The molecule has 0 radical (unpaired) electrons. The third kappa shape index (κ3) is 5.53. The van der Waals surface area contributed by atoms with Gasteiger partial charge in [-0.2, -0.15) is 0 Å². The van der Waals surface area contributed by atoms with Gasteiger partial charge in [0.2, 0.25) is 17.7 Å². The largest absolute Gasteiger partial charge is 0.481 e. The molecule has 0 fully saturated rings. The van der Waals surface area contributed by atoms with Crippen molar-refractivity contribution >= 4 is 34.5 Å². The van der Waals surface area contributed by atoms with Gasteiger partial charge in [-0.15, -0.1) is 0 Å². The topological polar surface area (TPSA) is 139 Å². The minimum absolute atomic E-state index is 0.141. The van der Waals surface area contributed by atoms with E-state index in [9.17, 15) is 19.2 Å². The molecule has 0 aliphatic carbocycles. The molecule has 0 aliphatic rings. The molecule has 0 saturated heterocycles. The number of carboxylic acids is 1. The number of aliphatic carboxylic acids is 1. The predicted octanol–water partition coefficient (Wildman–Crippen LogP) is 0.332. The normalized spacial score (nSPS) is 12.8. The Kier molecular flexibility index (Phi) is 6.48. The number of carbonyl (C=O) groups is 4. The van der Waals surface area contributed by atoms with E-state index in [0.717, 1.165) is 16.3 Å². The van der Waals surface area contributed by atoms with Crippen molar-refractivity contribution in [2.75, 3.05) is 0 Å². The number of nitrogens with two attached hydrogens (primary N) is 1. The van der Waals surface area contributed by atoms with Gasteiger partial charge in [-0.3, -0.25) is 19.2 Å². The Bertz CT molecular complexity index is 859. The Morgan fingerprint density at radius 2 is 1.67 bits per heavy atom. The summed E-state index contributed by atoms with van der Waals surface area (Å²) in [7, 11) is 0.